The van der Waals surface area contributed by atoms with Crippen molar-refractivity contribution in [3.05, 3.63) is 101 Å². The van der Waals surface area contributed by atoms with E-state index in [9.17, 15) is 24.0 Å². The number of fused-ring (bicyclic) bond motifs is 18. The monoisotopic (exact) mass is 654 g/mol. The van der Waals surface area contributed by atoms with Gasteiger partial charge in [-0.25, -0.2) is 0 Å². The van der Waals surface area contributed by atoms with E-state index in [1.165, 1.54) is 0 Å². The Balaban J connectivity index is 1.63. The smallest absolute Gasteiger partial charge is 0.255 e. The zero-order valence-corrected chi connectivity index (χ0v) is 28.1. The maximum absolute atomic E-state index is 13.7. The summed E-state index contributed by atoms with van der Waals surface area (Å²) in [6.45, 7) is 8.37. The Kier molecular flexibility index (Phi) is 12.8. The molecule has 2 bridgehead atoms. The molecule has 3 heterocycles. The maximum Gasteiger partial charge on any atom is 0.255 e. The van der Waals surface area contributed by atoms with Crippen molar-refractivity contribution < 1.29 is 24.0 Å². The molecule has 0 saturated heterocycles. The number of hydrogen-bond acceptors (Lipinski definition) is 6. The second-order valence-electron chi connectivity index (χ2n) is 12.7. The molecular formula is C37H46N6O5. The molecule has 0 aliphatic carbocycles. The van der Waals surface area contributed by atoms with E-state index in [2.05, 4.69) is 26.3 Å². The molecule has 0 radical (unpaired) electrons. The van der Waals surface area contributed by atoms with Gasteiger partial charge in [0.25, 0.3) is 11.8 Å². The SMILES string of the molecule is Cc1ncccc1C(=O)N1CCCCNC(=O)[C@@H](C)NC(=O)[C@H](CC(C)C)NC(=O)[C@@H](Cc2ccccc2)NC(=O)c2ccc(cc2)C1. The van der Waals surface area contributed by atoms with Crippen LogP contribution in [0.5, 0.6) is 0 Å². The van der Waals surface area contributed by atoms with Crippen LogP contribution in [0.1, 0.15) is 77.6 Å². The van der Waals surface area contributed by atoms with Gasteiger partial charge in [-0.15, -0.1) is 0 Å². The first-order chi connectivity index (χ1) is 23.0. The molecule has 4 N–H and O–H groups in total. The van der Waals surface area contributed by atoms with E-state index < -0.39 is 35.8 Å². The maximum atomic E-state index is 13.7. The van der Waals surface area contributed by atoms with Gasteiger partial charge in [0.1, 0.15) is 18.1 Å². The average Bonchev–Trinajstić information content (AvgIpc) is 3.06. The molecule has 11 heteroatoms. The van der Waals surface area contributed by atoms with Crippen LogP contribution in [-0.4, -0.2) is 70.6 Å². The minimum Gasteiger partial charge on any atom is -0.354 e. The van der Waals surface area contributed by atoms with Gasteiger partial charge >= 0.3 is 0 Å². The van der Waals surface area contributed by atoms with Crippen molar-refractivity contribution in [3.63, 3.8) is 0 Å². The average molecular weight is 655 g/mol. The van der Waals surface area contributed by atoms with Crippen LogP contribution in [-0.2, 0) is 27.3 Å². The van der Waals surface area contributed by atoms with Crippen molar-refractivity contribution in [2.75, 3.05) is 13.1 Å². The molecule has 1 aromatic heterocycles. The number of amides is 5. The highest BCUT2D eigenvalue weighted by Gasteiger charge is 2.29. The third-order valence-corrected chi connectivity index (χ3v) is 8.26. The van der Waals surface area contributed by atoms with E-state index in [4.69, 9.17) is 0 Å². The lowest BCUT2D eigenvalue weighted by molar-refractivity contribution is -0.132. The van der Waals surface area contributed by atoms with Gasteiger partial charge in [0.2, 0.25) is 17.7 Å². The molecule has 5 rings (SSSR count). The first-order valence-corrected chi connectivity index (χ1v) is 16.5. The van der Waals surface area contributed by atoms with Gasteiger partial charge in [-0.05, 0) is 74.4 Å². The molecule has 3 atom stereocenters. The molecule has 254 valence electrons. The van der Waals surface area contributed by atoms with Crippen LogP contribution in [0.25, 0.3) is 0 Å². The highest BCUT2D eigenvalue weighted by atomic mass is 16.2. The zero-order valence-electron chi connectivity index (χ0n) is 28.1. The summed E-state index contributed by atoms with van der Waals surface area (Å²) in [5.74, 6) is -1.88. The number of aromatic nitrogens is 1. The van der Waals surface area contributed by atoms with Gasteiger partial charge in [-0.3, -0.25) is 29.0 Å². The Morgan fingerprint density at radius 2 is 1.56 bits per heavy atom. The molecule has 2 aromatic carbocycles. The molecule has 2 aliphatic rings. The van der Waals surface area contributed by atoms with E-state index in [0.717, 1.165) is 11.1 Å². The highest BCUT2D eigenvalue weighted by molar-refractivity contribution is 5.99. The summed E-state index contributed by atoms with van der Waals surface area (Å²) in [5, 5.41) is 11.3. The van der Waals surface area contributed by atoms with Crippen molar-refractivity contribution in [1.29, 1.82) is 0 Å². The molecule has 0 saturated carbocycles. The summed E-state index contributed by atoms with van der Waals surface area (Å²) in [5.41, 5.74) is 3.16. The zero-order chi connectivity index (χ0) is 34.6. The fourth-order valence-corrected chi connectivity index (χ4v) is 5.56. The molecule has 0 fully saturated rings. The summed E-state index contributed by atoms with van der Waals surface area (Å²) in [6, 6.07) is 17.0. The summed E-state index contributed by atoms with van der Waals surface area (Å²) >= 11 is 0. The number of pyridine rings is 1. The highest BCUT2D eigenvalue weighted by Crippen LogP contribution is 2.15. The lowest BCUT2D eigenvalue weighted by Gasteiger charge is -2.25. The van der Waals surface area contributed by atoms with Crippen LogP contribution >= 0.6 is 0 Å². The van der Waals surface area contributed by atoms with Gasteiger partial charge in [-0.1, -0.05) is 56.3 Å². The summed E-state index contributed by atoms with van der Waals surface area (Å²) in [6.07, 6.45) is 3.42. The van der Waals surface area contributed by atoms with Crippen LogP contribution in [0.4, 0.5) is 0 Å². The fourth-order valence-electron chi connectivity index (χ4n) is 5.56. The van der Waals surface area contributed by atoms with E-state index in [1.54, 1.807) is 61.3 Å². The Hall–Kier alpha value is -5.06. The Labute approximate surface area is 282 Å². The number of rotatable bonds is 5. The third-order valence-electron chi connectivity index (χ3n) is 8.26. The Morgan fingerprint density at radius 3 is 2.25 bits per heavy atom. The molecule has 0 unspecified atom stereocenters. The van der Waals surface area contributed by atoms with Crippen molar-refractivity contribution in [2.24, 2.45) is 5.92 Å². The molecule has 0 spiro atoms. The van der Waals surface area contributed by atoms with Crippen molar-refractivity contribution >= 4 is 29.5 Å². The van der Waals surface area contributed by atoms with Crippen molar-refractivity contribution in [3.8, 4) is 0 Å². The second-order valence-corrected chi connectivity index (χ2v) is 12.7. The normalized spacial score (nSPS) is 20.3. The number of carbonyl (C=O) groups excluding carboxylic acids is 5. The number of benzene rings is 2. The van der Waals surface area contributed by atoms with Crippen LogP contribution in [0, 0.1) is 12.8 Å². The topological polar surface area (TPSA) is 150 Å². The molecule has 5 amide bonds. The first-order valence-electron chi connectivity index (χ1n) is 16.5. The van der Waals surface area contributed by atoms with Crippen LogP contribution < -0.4 is 21.3 Å². The molecule has 11 nitrogen and oxygen atoms in total. The largest absolute Gasteiger partial charge is 0.354 e. The second kappa shape index (κ2) is 17.2. The first kappa shape index (κ1) is 35.8. The number of carbonyl (C=O) groups is 5. The van der Waals surface area contributed by atoms with E-state index in [0.29, 0.717) is 55.7 Å². The lowest BCUT2D eigenvalue weighted by Crippen LogP contribution is -2.57. The van der Waals surface area contributed by atoms with E-state index in [-0.39, 0.29) is 24.2 Å². The number of hydrogen-bond donors (Lipinski definition) is 4. The van der Waals surface area contributed by atoms with Gasteiger partial charge in [0.15, 0.2) is 0 Å². The van der Waals surface area contributed by atoms with Crippen LogP contribution in [0.2, 0.25) is 0 Å². The number of aryl methyl sites for hydroxylation is 1. The number of nitrogens with zero attached hydrogens (tertiary/aromatic N) is 2. The summed E-state index contributed by atoms with van der Waals surface area (Å²) < 4.78 is 0. The lowest BCUT2D eigenvalue weighted by atomic mass is 10.0. The van der Waals surface area contributed by atoms with Crippen molar-refractivity contribution in [1.82, 2.24) is 31.2 Å². The van der Waals surface area contributed by atoms with E-state index in [1.807, 2.05) is 44.2 Å². The van der Waals surface area contributed by atoms with Crippen LogP contribution in [0.15, 0.2) is 72.9 Å². The van der Waals surface area contributed by atoms with Gasteiger partial charge in [-0.2, -0.15) is 0 Å². The quantitative estimate of drug-likeness (QED) is 0.310. The summed E-state index contributed by atoms with van der Waals surface area (Å²) in [7, 11) is 0. The van der Waals surface area contributed by atoms with Gasteiger partial charge < -0.3 is 26.2 Å². The summed E-state index contributed by atoms with van der Waals surface area (Å²) in [4.78, 5) is 73.1. The molecule has 3 aromatic rings. The molecule has 48 heavy (non-hydrogen) atoms. The van der Waals surface area contributed by atoms with Crippen molar-refractivity contribution in [2.45, 2.75) is 78.0 Å². The van der Waals surface area contributed by atoms with Gasteiger partial charge in [0, 0.05) is 43.5 Å². The molecular weight excluding hydrogens is 608 g/mol. The third kappa shape index (κ3) is 10.2. The standard InChI is InChI=1S/C37H46N6O5/c1-24(2)21-31-35(46)40-26(4)33(44)39-18-8-9-20-43(37(48)30-13-10-19-38-25(30)3)23-28-14-16-29(17-15-28)34(45)41-32(36(47)42-31)22-27-11-6-5-7-12-27/h5-7,10-17,19,24,26,31-32H,8-9,18,20-23H2,1-4H3,(H,39,44)(H,40,46)(H,41,45)(H,42,47)/t26-,31+,32-/m1/s1. The van der Waals surface area contributed by atoms with Gasteiger partial charge in [0.05, 0.1) is 5.56 Å². The number of nitrogens with one attached hydrogen (secondary N) is 4. The fraction of sp³-hybridized carbons (Fsp3) is 0.405. The predicted molar refractivity (Wildman–Crippen MR) is 183 cm³/mol. The van der Waals surface area contributed by atoms with Crippen LogP contribution in [0.3, 0.4) is 0 Å². The minimum atomic E-state index is -0.979. The minimum absolute atomic E-state index is 0.0638. The Morgan fingerprint density at radius 1 is 0.854 bits per heavy atom. The Bertz CT molecular complexity index is 1580. The predicted octanol–water partition coefficient (Wildman–Crippen LogP) is 3.32. The van der Waals surface area contributed by atoms with E-state index >= 15 is 0 Å². The molecule has 2 aliphatic heterocycles.